The van der Waals surface area contributed by atoms with Crippen LogP contribution in [0.4, 0.5) is 8.78 Å². The number of fused-ring (bicyclic) bond motifs is 2. The maximum atomic E-state index is 13.4. The van der Waals surface area contributed by atoms with Crippen LogP contribution in [0.3, 0.4) is 0 Å². The summed E-state index contributed by atoms with van der Waals surface area (Å²) in [5.74, 6) is -8.37. The molecule has 0 unspecified atom stereocenters. The molecule has 12 amide bonds. The molecule has 4 aliphatic rings. The van der Waals surface area contributed by atoms with Crippen molar-refractivity contribution in [2.24, 2.45) is 23.7 Å². The van der Waals surface area contributed by atoms with Crippen LogP contribution in [0, 0.1) is 35.3 Å². The molecule has 10 N–H and O–H groups in total. The van der Waals surface area contributed by atoms with Gasteiger partial charge in [-0.2, -0.15) is 0 Å². The lowest BCUT2D eigenvalue weighted by molar-refractivity contribution is -0.152. The van der Waals surface area contributed by atoms with Crippen molar-refractivity contribution >= 4 is 116 Å². The lowest BCUT2D eigenvalue weighted by Crippen LogP contribution is -2.56. The third-order valence-corrected chi connectivity index (χ3v) is 22.9. The summed E-state index contributed by atoms with van der Waals surface area (Å²) in [4.78, 5) is 206. The first-order valence-corrected chi connectivity index (χ1v) is 45.1. The van der Waals surface area contributed by atoms with Crippen molar-refractivity contribution in [2.75, 3.05) is 40.4 Å². The van der Waals surface area contributed by atoms with E-state index in [1.807, 2.05) is 140 Å². The molecule has 4 aliphatic heterocycles. The zero-order valence-corrected chi connectivity index (χ0v) is 77.9. The van der Waals surface area contributed by atoms with Crippen LogP contribution in [0.25, 0.3) is 21.5 Å². The Bertz CT molecular complexity index is 5010. The number of methoxy groups -OCH3 is 2. The van der Waals surface area contributed by atoms with Gasteiger partial charge in [0.1, 0.15) is 84.1 Å². The van der Waals surface area contributed by atoms with Crippen LogP contribution in [0.15, 0.2) is 133 Å². The van der Waals surface area contributed by atoms with Gasteiger partial charge >= 0.3 is 23.9 Å². The third kappa shape index (κ3) is 32.9. The molecule has 0 saturated carbocycles. The second kappa shape index (κ2) is 51.7. The first kappa shape index (κ1) is 106. The van der Waals surface area contributed by atoms with E-state index in [-0.39, 0.29) is 78.9 Å². The topological polar surface area (TPSA) is 441 Å². The summed E-state index contributed by atoms with van der Waals surface area (Å²) in [6.45, 7) is 22.3. The number of likely N-dealkylation sites (tertiary alicyclic amines) is 4. The Morgan fingerprint density at radius 2 is 0.545 bits per heavy atom. The molecule has 4 saturated heterocycles. The number of carboxylic acids is 2. The minimum atomic E-state index is -1.06. The standard InChI is InChI=1S/C27H35N3O5.C26H33N3O5.C23H32FN3O5.C22H30FN3O5/c1-17(2)14-23(26(33)30-13-7-10-24(30)27(34)35-4)29-25(32)22(28-18(3)31)16-19-11-12-20-8-5-6-9-21(20)15-19;1-16(2)13-22(25(32)29-12-6-9-23(29)26(33)34)28-24(31)21(27-17(3)30)15-18-10-11-19-7-4-5-8-20(19)14-18;1-14(2)12-19(22(30)27-11-5-6-20(27)23(31)32-4)26-21(29)18(25-15(3)28)13-16-7-9-17(24)10-8-16;1-13(2)11-18(21(29)26-10-4-5-19(26)22(30)31)25-20(28)17(24-14(3)27)12-15-6-8-16(23)9-7-15/h5-6,8-9,11-12,15,17,22-24H,7,10,13-14,16H2,1-4H3,(H,28,31)(H,29,32);4-5,7-8,10-11,14,16,21-23H,6,9,12-13,15H2,1-3H3,(H,27,30)(H,28,31)(H,33,34);7-10,14,18-20H,5-6,11-13H2,1-4H3,(H,25,28)(H,26,29);6-9,13,17-19H,4-5,10-12H2,1-3H3,(H,24,27)(H,25,28)(H,30,31)/t22-,23-,24-;21-,22-,23-;18-,19-,20-;17-,18-,19-/m0000/s1. The van der Waals surface area contributed by atoms with Crippen LogP contribution < -0.4 is 42.5 Å². The number of esters is 2. The van der Waals surface area contributed by atoms with Crippen molar-refractivity contribution in [3.63, 3.8) is 0 Å². The average molecular weight is 1830 g/mol. The van der Waals surface area contributed by atoms with E-state index in [4.69, 9.17) is 9.47 Å². The van der Waals surface area contributed by atoms with Gasteiger partial charge in [0.05, 0.1) is 14.2 Å². The summed E-state index contributed by atoms with van der Waals surface area (Å²) < 4.78 is 36.1. The smallest absolute Gasteiger partial charge is 0.328 e. The SMILES string of the molecule is CC(=O)N[C@@H](Cc1ccc(F)cc1)C(=O)N[C@@H](CC(C)C)C(=O)N1CCC[C@H]1C(=O)O.CC(=O)N[C@@H](Cc1ccc2ccccc2c1)C(=O)N[C@@H](CC(C)C)C(=O)N1CCC[C@H]1C(=O)O.COC(=O)[C@@H]1CCCN1C(=O)[C@H](CC(C)C)NC(=O)[C@H](Cc1ccc(F)cc1)NC(C)=O.COC(=O)[C@@H]1CCCN1C(=O)[C@H](CC(C)C)NC(=O)[C@H](Cc1ccc2ccccc2c1)NC(C)=O. The first-order valence-electron chi connectivity index (χ1n) is 45.1. The van der Waals surface area contributed by atoms with E-state index in [9.17, 15) is 95.7 Å². The molecule has 4 fully saturated rings. The second-order valence-corrected chi connectivity index (χ2v) is 35.7. The van der Waals surface area contributed by atoms with Gasteiger partial charge in [-0.1, -0.05) is 165 Å². The Balaban J connectivity index is 0.000000241. The molecule has 0 spiro atoms. The summed E-state index contributed by atoms with van der Waals surface area (Å²) in [6, 6.07) is 28.7. The number of ether oxygens (including phenoxy) is 2. The Morgan fingerprint density at radius 1 is 0.318 bits per heavy atom. The molecule has 32 nitrogen and oxygen atoms in total. The van der Waals surface area contributed by atoms with Crippen molar-refractivity contribution in [3.8, 4) is 0 Å². The Hall–Kier alpha value is -12.8. The number of carbonyl (C=O) groups is 16. The number of halogens is 2. The number of nitrogens with zero attached hydrogens (tertiary/aromatic N) is 4. The lowest BCUT2D eigenvalue weighted by atomic mass is 9.99. The van der Waals surface area contributed by atoms with Crippen molar-refractivity contribution in [2.45, 2.75) is 258 Å². The monoisotopic (exact) mass is 1830 g/mol. The number of carbonyl (C=O) groups excluding carboxylic acids is 14. The maximum absolute atomic E-state index is 13.4. The Kier molecular flexibility index (Phi) is 41.6. The van der Waals surface area contributed by atoms with Gasteiger partial charge in [-0.05, 0) is 169 Å². The van der Waals surface area contributed by atoms with Crippen molar-refractivity contribution in [1.29, 1.82) is 0 Å². The number of nitrogens with one attached hydrogen (secondary N) is 8. The van der Waals surface area contributed by atoms with Crippen LogP contribution in [-0.4, -0.2) is 237 Å². The number of hydrogen-bond donors (Lipinski definition) is 10. The largest absolute Gasteiger partial charge is 0.480 e. The van der Waals surface area contributed by atoms with Gasteiger partial charge < -0.3 is 81.8 Å². The van der Waals surface area contributed by atoms with Gasteiger partial charge in [0.25, 0.3) is 0 Å². The van der Waals surface area contributed by atoms with Gasteiger partial charge in [-0.15, -0.1) is 0 Å². The number of amides is 12. The highest BCUT2D eigenvalue weighted by molar-refractivity contribution is 5.98. The summed E-state index contributed by atoms with van der Waals surface area (Å²) >= 11 is 0. The summed E-state index contributed by atoms with van der Waals surface area (Å²) in [5, 5.41) is 44.9. The van der Waals surface area contributed by atoms with E-state index in [2.05, 4.69) is 42.5 Å². The third-order valence-electron chi connectivity index (χ3n) is 22.9. The Morgan fingerprint density at radius 3 is 0.780 bits per heavy atom. The molecule has 132 heavy (non-hydrogen) atoms. The summed E-state index contributed by atoms with van der Waals surface area (Å²) in [7, 11) is 2.59. The minimum Gasteiger partial charge on any atom is -0.480 e. The highest BCUT2D eigenvalue weighted by Crippen LogP contribution is 2.28. The fraction of sp³-hybridized carbons (Fsp3) is 0.510. The van der Waals surface area contributed by atoms with Crippen LogP contribution in [0.2, 0.25) is 0 Å². The van der Waals surface area contributed by atoms with Gasteiger partial charge in [0.15, 0.2) is 0 Å². The predicted molar refractivity (Wildman–Crippen MR) is 490 cm³/mol. The predicted octanol–water partition coefficient (Wildman–Crippen LogP) is 8.12. The molecule has 6 aromatic carbocycles. The maximum Gasteiger partial charge on any atom is 0.328 e. The molecule has 0 bridgehead atoms. The molecular weight excluding hydrogens is 1700 g/mol. The van der Waals surface area contributed by atoms with Crippen LogP contribution >= 0.6 is 0 Å². The quantitative estimate of drug-likeness (QED) is 0.0166. The number of hydrogen-bond acceptors (Lipinski definition) is 18. The van der Waals surface area contributed by atoms with E-state index in [0.717, 1.165) is 32.7 Å². The number of benzene rings is 6. The molecule has 0 aromatic heterocycles. The average Bonchev–Trinajstić information content (AvgIpc) is 1.59. The fourth-order valence-corrected chi connectivity index (χ4v) is 16.8. The molecule has 34 heteroatoms. The van der Waals surface area contributed by atoms with Crippen LogP contribution in [-0.2, 0) is 112 Å². The number of rotatable bonds is 36. The van der Waals surface area contributed by atoms with Gasteiger partial charge in [-0.3, -0.25) is 57.5 Å². The highest BCUT2D eigenvalue weighted by Gasteiger charge is 2.44. The molecule has 6 aromatic rings. The summed E-state index contributed by atoms with van der Waals surface area (Å²) in [5.41, 5.74) is 3.09. The van der Waals surface area contributed by atoms with Gasteiger partial charge in [-0.25, -0.2) is 28.0 Å². The van der Waals surface area contributed by atoms with Crippen molar-refractivity contribution < 1.29 is 105 Å². The first-order chi connectivity index (χ1) is 62.5. The fourth-order valence-electron chi connectivity index (χ4n) is 16.8. The van der Waals surface area contributed by atoms with E-state index in [0.29, 0.717) is 114 Å². The molecule has 4 heterocycles. The zero-order chi connectivity index (χ0) is 97.3. The van der Waals surface area contributed by atoms with Gasteiger partial charge in [0, 0.05) is 79.6 Å². The van der Waals surface area contributed by atoms with Crippen LogP contribution in [0.5, 0.6) is 0 Å². The lowest BCUT2D eigenvalue weighted by Gasteiger charge is -2.30. The highest BCUT2D eigenvalue weighted by atomic mass is 19.1. The van der Waals surface area contributed by atoms with Crippen molar-refractivity contribution in [3.05, 3.63) is 167 Å². The number of carboxylic acid groups (broad SMARTS) is 2. The molecule has 0 radical (unpaired) electrons. The van der Waals surface area contributed by atoms with E-state index >= 15 is 0 Å². The van der Waals surface area contributed by atoms with E-state index in [1.165, 1.54) is 97.9 Å². The van der Waals surface area contributed by atoms with Crippen LogP contribution in [0.1, 0.15) is 182 Å². The minimum absolute atomic E-state index is 0.0662. The normalized spacial score (nSPS) is 17.5. The van der Waals surface area contributed by atoms with E-state index in [1.54, 1.807) is 12.1 Å². The Labute approximate surface area is 769 Å². The van der Waals surface area contributed by atoms with Gasteiger partial charge in [0.2, 0.25) is 70.9 Å². The molecule has 12 atom stereocenters. The molecule has 10 rings (SSSR count). The zero-order valence-electron chi connectivity index (χ0n) is 77.9. The molecular formula is C98H130F2N12O20. The second-order valence-electron chi connectivity index (χ2n) is 35.7. The molecule has 716 valence electrons. The summed E-state index contributed by atoms with van der Waals surface area (Å²) in [6.07, 6.45) is 6.71. The van der Waals surface area contributed by atoms with Crippen molar-refractivity contribution in [1.82, 2.24) is 62.1 Å². The van der Waals surface area contributed by atoms with E-state index < -0.39 is 149 Å². The number of aliphatic carboxylic acids is 2. The molecule has 0 aliphatic carbocycles.